The van der Waals surface area contributed by atoms with Crippen LogP contribution in [0.1, 0.15) is 72.1 Å². The third-order valence-electron chi connectivity index (χ3n) is 7.43. The smallest absolute Gasteiger partial charge is 0.410 e. The summed E-state index contributed by atoms with van der Waals surface area (Å²) < 4.78 is 5.55. The van der Waals surface area contributed by atoms with Crippen molar-refractivity contribution in [3.05, 3.63) is 0 Å². The van der Waals surface area contributed by atoms with Gasteiger partial charge in [0, 0.05) is 25.7 Å². The standard InChI is InChI=1S/C21H36N2O2/c1-20(2,3)25-19(24)22-10-7-21(8-11-22)9-12-23(15-21)18-13-16-5-4-6-17(16)14-18/h16-18H,4-15H2,1-3H3. The lowest BCUT2D eigenvalue weighted by Crippen LogP contribution is -2.46. The normalized spacial score (nSPS) is 35.3. The van der Waals surface area contributed by atoms with Crippen molar-refractivity contribution >= 4 is 6.09 Å². The van der Waals surface area contributed by atoms with E-state index in [4.69, 9.17) is 4.74 Å². The van der Waals surface area contributed by atoms with Gasteiger partial charge in [0.25, 0.3) is 0 Å². The third kappa shape index (κ3) is 3.70. The van der Waals surface area contributed by atoms with Crippen LogP contribution in [0.3, 0.4) is 0 Å². The van der Waals surface area contributed by atoms with Gasteiger partial charge >= 0.3 is 6.09 Å². The zero-order chi connectivity index (χ0) is 17.7. The minimum Gasteiger partial charge on any atom is -0.444 e. The molecule has 2 saturated carbocycles. The van der Waals surface area contributed by atoms with Crippen LogP contribution in [0.25, 0.3) is 0 Å². The second kappa shape index (κ2) is 6.44. The van der Waals surface area contributed by atoms with Crippen molar-refractivity contribution in [1.82, 2.24) is 9.80 Å². The maximum absolute atomic E-state index is 12.3. The van der Waals surface area contributed by atoms with Crippen LogP contribution in [0.2, 0.25) is 0 Å². The molecule has 0 bridgehead atoms. The Labute approximate surface area is 153 Å². The van der Waals surface area contributed by atoms with Crippen LogP contribution < -0.4 is 0 Å². The summed E-state index contributed by atoms with van der Waals surface area (Å²) in [6.07, 6.45) is 10.9. The van der Waals surface area contributed by atoms with E-state index >= 15 is 0 Å². The Hall–Kier alpha value is -0.770. The predicted octanol–water partition coefficient (Wildman–Crippen LogP) is 4.29. The van der Waals surface area contributed by atoms with Crippen molar-refractivity contribution in [2.45, 2.75) is 83.8 Å². The van der Waals surface area contributed by atoms with Crippen molar-refractivity contribution < 1.29 is 9.53 Å². The molecule has 2 atom stereocenters. The predicted molar refractivity (Wildman–Crippen MR) is 99.5 cm³/mol. The fourth-order valence-electron chi connectivity index (χ4n) is 6.01. The molecule has 4 nitrogen and oxygen atoms in total. The fourth-order valence-corrected chi connectivity index (χ4v) is 6.01. The molecule has 4 rings (SSSR count). The molecule has 2 unspecified atom stereocenters. The molecule has 4 aliphatic rings. The number of likely N-dealkylation sites (tertiary alicyclic amines) is 2. The van der Waals surface area contributed by atoms with E-state index in [-0.39, 0.29) is 6.09 Å². The van der Waals surface area contributed by atoms with Gasteiger partial charge in [-0.05, 0) is 76.7 Å². The number of hydrogen-bond acceptors (Lipinski definition) is 3. The summed E-state index contributed by atoms with van der Waals surface area (Å²) in [7, 11) is 0. The van der Waals surface area contributed by atoms with Crippen LogP contribution in [0, 0.1) is 17.3 Å². The fraction of sp³-hybridized carbons (Fsp3) is 0.952. The van der Waals surface area contributed by atoms with E-state index in [0.717, 1.165) is 43.8 Å². The number of nitrogens with zero attached hydrogens (tertiary/aromatic N) is 2. The molecule has 142 valence electrons. The molecule has 4 fully saturated rings. The van der Waals surface area contributed by atoms with E-state index in [2.05, 4.69) is 4.90 Å². The monoisotopic (exact) mass is 348 g/mol. The molecule has 1 spiro atoms. The van der Waals surface area contributed by atoms with Gasteiger partial charge in [0.05, 0.1) is 0 Å². The second-order valence-electron chi connectivity index (χ2n) is 10.3. The Morgan fingerprint density at radius 1 is 1.00 bits per heavy atom. The van der Waals surface area contributed by atoms with E-state index in [0.29, 0.717) is 5.41 Å². The number of carbonyl (C=O) groups excluding carboxylic acids is 1. The van der Waals surface area contributed by atoms with E-state index in [1.54, 1.807) is 0 Å². The molecule has 1 amide bonds. The first-order chi connectivity index (χ1) is 11.8. The van der Waals surface area contributed by atoms with Crippen molar-refractivity contribution in [2.75, 3.05) is 26.2 Å². The number of fused-ring (bicyclic) bond motifs is 1. The van der Waals surface area contributed by atoms with Gasteiger partial charge in [0.1, 0.15) is 5.60 Å². The lowest BCUT2D eigenvalue weighted by atomic mass is 9.78. The summed E-state index contributed by atoms with van der Waals surface area (Å²) in [5.74, 6) is 2.08. The number of hydrogen-bond donors (Lipinski definition) is 0. The highest BCUT2D eigenvalue weighted by Crippen LogP contribution is 2.48. The Kier molecular flexibility index (Phi) is 4.54. The summed E-state index contributed by atoms with van der Waals surface area (Å²) >= 11 is 0. The van der Waals surface area contributed by atoms with E-state index in [9.17, 15) is 4.79 Å². The van der Waals surface area contributed by atoms with E-state index in [1.807, 2.05) is 25.7 Å². The first kappa shape index (κ1) is 17.6. The van der Waals surface area contributed by atoms with Crippen LogP contribution in [0.15, 0.2) is 0 Å². The molecule has 0 aromatic rings. The molecular weight excluding hydrogens is 312 g/mol. The van der Waals surface area contributed by atoms with Gasteiger partial charge < -0.3 is 9.64 Å². The Morgan fingerprint density at radius 2 is 1.60 bits per heavy atom. The van der Waals surface area contributed by atoms with Gasteiger partial charge in [0.15, 0.2) is 0 Å². The number of ether oxygens (including phenoxy) is 1. The molecule has 25 heavy (non-hydrogen) atoms. The zero-order valence-corrected chi connectivity index (χ0v) is 16.4. The molecule has 0 aromatic carbocycles. The average Bonchev–Trinajstić information content (AvgIpc) is 3.20. The minimum absolute atomic E-state index is 0.124. The lowest BCUT2D eigenvalue weighted by Gasteiger charge is -2.40. The summed E-state index contributed by atoms with van der Waals surface area (Å²) in [6.45, 7) is 10.2. The molecule has 2 aliphatic heterocycles. The SMILES string of the molecule is CC(C)(C)OC(=O)N1CCC2(CC1)CCN(C1CC3CCCC3C1)C2. The first-order valence-electron chi connectivity index (χ1n) is 10.6. The summed E-state index contributed by atoms with van der Waals surface area (Å²) in [5, 5.41) is 0. The van der Waals surface area contributed by atoms with Gasteiger partial charge in [-0.2, -0.15) is 0 Å². The molecule has 0 N–H and O–H groups in total. The number of amides is 1. The highest BCUT2D eigenvalue weighted by molar-refractivity contribution is 5.68. The van der Waals surface area contributed by atoms with Gasteiger partial charge in [-0.1, -0.05) is 19.3 Å². The quantitative estimate of drug-likeness (QED) is 0.709. The molecule has 2 aliphatic carbocycles. The van der Waals surface area contributed by atoms with Crippen LogP contribution in [0.5, 0.6) is 0 Å². The summed E-state index contributed by atoms with van der Waals surface area (Å²) in [6, 6.07) is 0.860. The highest BCUT2D eigenvalue weighted by atomic mass is 16.6. The van der Waals surface area contributed by atoms with Crippen LogP contribution in [-0.2, 0) is 4.74 Å². The van der Waals surface area contributed by atoms with E-state index < -0.39 is 5.60 Å². The minimum atomic E-state index is -0.392. The Bertz CT molecular complexity index is 493. The molecule has 0 radical (unpaired) electrons. The molecule has 4 heteroatoms. The molecule has 2 heterocycles. The van der Waals surface area contributed by atoms with Gasteiger partial charge in [-0.15, -0.1) is 0 Å². The number of piperidine rings is 1. The van der Waals surface area contributed by atoms with Crippen molar-refractivity contribution in [2.24, 2.45) is 17.3 Å². The Morgan fingerprint density at radius 3 is 2.20 bits per heavy atom. The first-order valence-corrected chi connectivity index (χ1v) is 10.6. The Balaban J connectivity index is 1.28. The second-order valence-corrected chi connectivity index (χ2v) is 10.3. The highest BCUT2D eigenvalue weighted by Gasteiger charge is 2.46. The maximum atomic E-state index is 12.3. The van der Waals surface area contributed by atoms with Crippen molar-refractivity contribution in [1.29, 1.82) is 0 Å². The topological polar surface area (TPSA) is 32.8 Å². The lowest BCUT2D eigenvalue weighted by molar-refractivity contribution is 0.0105. The number of rotatable bonds is 1. The van der Waals surface area contributed by atoms with Crippen molar-refractivity contribution in [3.8, 4) is 0 Å². The third-order valence-corrected chi connectivity index (χ3v) is 7.43. The zero-order valence-electron chi connectivity index (χ0n) is 16.4. The number of carbonyl (C=O) groups is 1. The van der Waals surface area contributed by atoms with Crippen LogP contribution in [0.4, 0.5) is 4.79 Å². The maximum Gasteiger partial charge on any atom is 0.410 e. The van der Waals surface area contributed by atoms with E-state index in [1.165, 1.54) is 51.6 Å². The van der Waals surface area contributed by atoms with Crippen LogP contribution >= 0.6 is 0 Å². The summed E-state index contributed by atoms with van der Waals surface area (Å²) in [5.41, 5.74) is 0.0765. The average molecular weight is 349 g/mol. The molecule has 2 saturated heterocycles. The summed E-state index contributed by atoms with van der Waals surface area (Å²) in [4.78, 5) is 17.0. The van der Waals surface area contributed by atoms with Crippen LogP contribution in [-0.4, -0.2) is 53.7 Å². The van der Waals surface area contributed by atoms with Crippen molar-refractivity contribution in [3.63, 3.8) is 0 Å². The molecule has 0 aromatic heterocycles. The largest absolute Gasteiger partial charge is 0.444 e. The molecular formula is C21H36N2O2. The van der Waals surface area contributed by atoms with Gasteiger partial charge in [-0.25, -0.2) is 4.79 Å². The van der Waals surface area contributed by atoms with Gasteiger partial charge in [-0.3, -0.25) is 4.90 Å². The van der Waals surface area contributed by atoms with Gasteiger partial charge in [0.2, 0.25) is 0 Å².